The summed E-state index contributed by atoms with van der Waals surface area (Å²) < 4.78 is 5.14. The third kappa shape index (κ3) is 2.75. The molecule has 1 aliphatic rings. The number of fused-ring (bicyclic) bond motifs is 1. The van der Waals surface area contributed by atoms with Crippen molar-refractivity contribution < 1.29 is 19.4 Å². The van der Waals surface area contributed by atoms with Gasteiger partial charge in [0.25, 0.3) is 0 Å². The van der Waals surface area contributed by atoms with Crippen LogP contribution in [0.1, 0.15) is 5.56 Å². The second-order valence-electron chi connectivity index (χ2n) is 5.09. The summed E-state index contributed by atoms with van der Waals surface area (Å²) in [7, 11) is 0. The quantitative estimate of drug-likeness (QED) is 0.883. The number of carboxylic acids is 1. The Kier molecular flexibility index (Phi) is 3.62. The van der Waals surface area contributed by atoms with Gasteiger partial charge < -0.3 is 19.7 Å². The van der Waals surface area contributed by atoms with E-state index in [2.05, 4.69) is 4.98 Å². The molecule has 0 spiro atoms. The Morgan fingerprint density at radius 3 is 3.05 bits per heavy atom. The van der Waals surface area contributed by atoms with Gasteiger partial charge in [0, 0.05) is 18.3 Å². The van der Waals surface area contributed by atoms with E-state index in [0.717, 1.165) is 16.5 Å². The topological polar surface area (TPSA) is 82.6 Å². The first-order chi connectivity index (χ1) is 10.1. The van der Waals surface area contributed by atoms with Gasteiger partial charge in [0.1, 0.15) is 0 Å². The number of ether oxygens (including phenoxy) is 1. The SMILES string of the molecule is O=C(O)C1COCCN1C(=O)Cc1ccc2cc[nH]c2c1. The van der Waals surface area contributed by atoms with Gasteiger partial charge >= 0.3 is 5.97 Å². The molecular formula is C15H16N2O4. The van der Waals surface area contributed by atoms with Gasteiger partial charge in [0.15, 0.2) is 6.04 Å². The average Bonchev–Trinajstić information content (AvgIpc) is 2.94. The number of H-pyrrole nitrogens is 1. The average molecular weight is 288 g/mol. The molecule has 2 N–H and O–H groups in total. The van der Waals surface area contributed by atoms with E-state index in [1.54, 1.807) is 0 Å². The normalized spacial score (nSPS) is 18.9. The van der Waals surface area contributed by atoms with Gasteiger partial charge in [-0.1, -0.05) is 12.1 Å². The maximum atomic E-state index is 12.4. The number of carbonyl (C=O) groups is 2. The number of benzene rings is 1. The summed E-state index contributed by atoms with van der Waals surface area (Å²) in [5, 5.41) is 10.2. The molecule has 6 heteroatoms. The number of aliphatic carboxylic acids is 1. The standard InChI is InChI=1S/C15H16N2O4/c18-14(17-5-6-21-9-13(17)15(19)20)8-10-1-2-11-3-4-16-12(11)7-10/h1-4,7,13,16H,5-6,8-9H2,(H,19,20). The molecule has 2 heterocycles. The van der Waals surface area contributed by atoms with Crippen LogP contribution in [0.15, 0.2) is 30.5 Å². The number of aromatic nitrogens is 1. The molecule has 0 radical (unpaired) electrons. The molecule has 110 valence electrons. The first-order valence-corrected chi connectivity index (χ1v) is 6.81. The van der Waals surface area contributed by atoms with Gasteiger partial charge in [-0.25, -0.2) is 4.79 Å². The molecule has 6 nitrogen and oxygen atoms in total. The molecule has 1 unspecified atom stereocenters. The third-order valence-electron chi connectivity index (χ3n) is 3.71. The van der Waals surface area contributed by atoms with Crippen LogP contribution >= 0.6 is 0 Å². The number of rotatable bonds is 3. The predicted molar refractivity (Wildman–Crippen MR) is 76.0 cm³/mol. The van der Waals surface area contributed by atoms with E-state index in [1.807, 2.05) is 30.5 Å². The Morgan fingerprint density at radius 2 is 2.24 bits per heavy atom. The number of morpholine rings is 1. The van der Waals surface area contributed by atoms with E-state index < -0.39 is 12.0 Å². The van der Waals surface area contributed by atoms with Crippen molar-refractivity contribution in [2.24, 2.45) is 0 Å². The number of carbonyl (C=O) groups excluding carboxylic acids is 1. The largest absolute Gasteiger partial charge is 0.480 e. The van der Waals surface area contributed by atoms with E-state index in [0.29, 0.717) is 13.2 Å². The van der Waals surface area contributed by atoms with Gasteiger partial charge in [-0.3, -0.25) is 4.79 Å². The van der Waals surface area contributed by atoms with Crippen molar-refractivity contribution in [1.29, 1.82) is 0 Å². The highest BCUT2D eigenvalue weighted by Crippen LogP contribution is 2.16. The van der Waals surface area contributed by atoms with Gasteiger partial charge in [-0.05, 0) is 23.1 Å². The number of nitrogens with zero attached hydrogens (tertiary/aromatic N) is 1. The maximum absolute atomic E-state index is 12.4. The van der Waals surface area contributed by atoms with Gasteiger partial charge in [-0.15, -0.1) is 0 Å². The maximum Gasteiger partial charge on any atom is 0.328 e. The minimum Gasteiger partial charge on any atom is -0.480 e. The van der Waals surface area contributed by atoms with Crippen LogP contribution < -0.4 is 0 Å². The summed E-state index contributed by atoms with van der Waals surface area (Å²) in [5.74, 6) is -1.21. The fourth-order valence-electron chi connectivity index (χ4n) is 2.59. The number of amides is 1. The van der Waals surface area contributed by atoms with E-state index in [9.17, 15) is 9.59 Å². The Balaban J connectivity index is 1.76. The van der Waals surface area contributed by atoms with Crippen molar-refractivity contribution in [1.82, 2.24) is 9.88 Å². The van der Waals surface area contributed by atoms with Crippen molar-refractivity contribution in [2.75, 3.05) is 19.8 Å². The molecule has 1 fully saturated rings. The zero-order chi connectivity index (χ0) is 14.8. The van der Waals surface area contributed by atoms with Crippen molar-refractivity contribution >= 4 is 22.8 Å². The Hall–Kier alpha value is -2.34. The van der Waals surface area contributed by atoms with Gasteiger partial charge in [0.05, 0.1) is 19.6 Å². The summed E-state index contributed by atoms with van der Waals surface area (Å²) in [6.07, 6.45) is 2.04. The smallest absolute Gasteiger partial charge is 0.328 e. The van der Waals surface area contributed by atoms with Gasteiger partial charge in [-0.2, -0.15) is 0 Å². The van der Waals surface area contributed by atoms with Crippen LogP contribution in [-0.2, 0) is 20.7 Å². The second kappa shape index (κ2) is 5.57. The lowest BCUT2D eigenvalue weighted by atomic mass is 10.1. The lowest BCUT2D eigenvalue weighted by molar-refractivity contribution is -0.158. The molecular weight excluding hydrogens is 272 g/mol. The first kappa shape index (κ1) is 13.6. The number of aromatic amines is 1. The fourth-order valence-corrected chi connectivity index (χ4v) is 2.59. The molecule has 1 aromatic carbocycles. The van der Waals surface area contributed by atoms with Crippen molar-refractivity contribution in [3.63, 3.8) is 0 Å². The van der Waals surface area contributed by atoms with Crippen LogP contribution in [0, 0.1) is 0 Å². The Labute approximate surface area is 121 Å². The van der Waals surface area contributed by atoms with Crippen molar-refractivity contribution in [3.05, 3.63) is 36.0 Å². The molecule has 1 amide bonds. The zero-order valence-electron chi connectivity index (χ0n) is 11.4. The summed E-state index contributed by atoms with van der Waals surface area (Å²) in [4.78, 5) is 28.0. The lowest BCUT2D eigenvalue weighted by Crippen LogP contribution is -2.53. The predicted octanol–water partition coefficient (Wildman–Crippen LogP) is 1.02. The zero-order valence-corrected chi connectivity index (χ0v) is 11.4. The summed E-state index contributed by atoms with van der Waals surface area (Å²) >= 11 is 0. The molecule has 2 aromatic rings. The molecule has 1 saturated heterocycles. The molecule has 0 aliphatic carbocycles. The van der Waals surface area contributed by atoms with Crippen LogP contribution in [0.25, 0.3) is 10.9 Å². The first-order valence-electron chi connectivity index (χ1n) is 6.81. The number of hydrogen-bond donors (Lipinski definition) is 2. The van der Waals surface area contributed by atoms with Crippen LogP contribution in [0.4, 0.5) is 0 Å². The summed E-state index contributed by atoms with van der Waals surface area (Å²) in [6.45, 7) is 0.752. The highest BCUT2D eigenvalue weighted by atomic mass is 16.5. The van der Waals surface area contributed by atoms with E-state index in [4.69, 9.17) is 9.84 Å². The van der Waals surface area contributed by atoms with E-state index in [1.165, 1.54) is 4.90 Å². The fraction of sp³-hybridized carbons (Fsp3) is 0.333. The van der Waals surface area contributed by atoms with Crippen LogP contribution in [-0.4, -0.2) is 52.7 Å². The molecule has 1 aromatic heterocycles. The van der Waals surface area contributed by atoms with Crippen molar-refractivity contribution in [3.8, 4) is 0 Å². The molecule has 0 bridgehead atoms. The third-order valence-corrected chi connectivity index (χ3v) is 3.71. The highest BCUT2D eigenvalue weighted by molar-refractivity contribution is 5.86. The number of nitrogens with one attached hydrogen (secondary N) is 1. The Bertz CT molecular complexity index is 679. The summed E-state index contributed by atoms with van der Waals surface area (Å²) in [5.41, 5.74) is 1.84. The Morgan fingerprint density at radius 1 is 1.38 bits per heavy atom. The second-order valence-corrected chi connectivity index (χ2v) is 5.09. The minimum absolute atomic E-state index is 0.0523. The summed E-state index contributed by atoms with van der Waals surface area (Å²) in [6, 6.07) is 6.83. The highest BCUT2D eigenvalue weighted by Gasteiger charge is 2.32. The van der Waals surface area contributed by atoms with Crippen LogP contribution in [0.3, 0.4) is 0 Å². The van der Waals surface area contributed by atoms with Crippen LogP contribution in [0.5, 0.6) is 0 Å². The molecule has 0 saturated carbocycles. The monoisotopic (exact) mass is 288 g/mol. The van der Waals surface area contributed by atoms with E-state index >= 15 is 0 Å². The molecule has 3 rings (SSSR count). The molecule has 21 heavy (non-hydrogen) atoms. The number of carboxylic acid groups (broad SMARTS) is 1. The van der Waals surface area contributed by atoms with Crippen LogP contribution in [0.2, 0.25) is 0 Å². The van der Waals surface area contributed by atoms with E-state index in [-0.39, 0.29) is 18.9 Å². The minimum atomic E-state index is -1.03. The number of hydrogen-bond acceptors (Lipinski definition) is 3. The van der Waals surface area contributed by atoms with Crippen molar-refractivity contribution in [2.45, 2.75) is 12.5 Å². The molecule has 1 aliphatic heterocycles. The molecule has 1 atom stereocenters. The lowest BCUT2D eigenvalue weighted by Gasteiger charge is -2.32. The van der Waals surface area contributed by atoms with Gasteiger partial charge in [0.2, 0.25) is 5.91 Å².